The molecule has 0 bridgehead atoms. The molecule has 0 aliphatic heterocycles. The number of fused-ring (bicyclic) bond motifs is 1. The van der Waals surface area contributed by atoms with E-state index in [1.165, 1.54) is 0 Å². The van der Waals surface area contributed by atoms with Gasteiger partial charge in [-0.2, -0.15) is 0 Å². The molecule has 0 radical (unpaired) electrons. The summed E-state index contributed by atoms with van der Waals surface area (Å²) in [6.45, 7) is 2.10. The summed E-state index contributed by atoms with van der Waals surface area (Å²) in [6.07, 6.45) is 1.95. The maximum absolute atomic E-state index is 11.8. The second-order valence-electron chi connectivity index (χ2n) is 3.60. The van der Waals surface area contributed by atoms with Crippen LogP contribution in [0.5, 0.6) is 0 Å². The Kier molecular flexibility index (Phi) is 2.91. The van der Waals surface area contributed by atoms with Crippen LogP contribution in [0.15, 0.2) is 33.5 Å². The minimum absolute atomic E-state index is 0.0969. The SMILES string of the molecule is CCCc1cc(=O)c2ccc(Br)cc2[nH]1. The zero-order valence-corrected chi connectivity index (χ0v) is 10.1. The molecule has 1 aromatic heterocycles. The molecule has 0 saturated carbocycles. The molecule has 0 fully saturated rings. The number of halogens is 1. The predicted molar refractivity (Wildman–Crippen MR) is 66.3 cm³/mol. The molecular weight excluding hydrogens is 254 g/mol. The highest BCUT2D eigenvalue weighted by Crippen LogP contribution is 2.16. The molecule has 1 N–H and O–H groups in total. The lowest BCUT2D eigenvalue weighted by Gasteiger charge is -2.03. The van der Waals surface area contributed by atoms with E-state index >= 15 is 0 Å². The highest BCUT2D eigenvalue weighted by Gasteiger charge is 2.01. The van der Waals surface area contributed by atoms with Crippen LogP contribution in [0.1, 0.15) is 19.0 Å². The van der Waals surface area contributed by atoms with Crippen LogP contribution in [-0.4, -0.2) is 4.98 Å². The molecule has 15 heavy (non-hydrogen) atoms. The third-order valence-electron chi connectivity index (χ3n) is 2.37. The number of nitrogens with one attached hydrogen (secondary N) is 1. The van der Waals surface area contributed by atoms with Crippen LogP contribution in [0.3, 0.4) is 0 Å². The summed E-state index contributed by atoms with van der Waals surface area (Å²) in [5.74, 6) is 0. The summed E-state index contributed by atoms with van der Waals surface area (Å²) in [7, 11) is 0. The molecule has 1 heterocycles. The van der Waals surface area contributed by atoms with Crippen molar-refractivity contribution in [1.29, 1.82) is 0 Å². The Hall–Kier alpha value is -1.09. The zero-order chi connectivity index (χ0) is 10.8. The zero-order valence-electron chi connectivity index (χ0n) is 8.51. The molecule has 0 aliphatic rings. The second kappa shape index (κ2) is 4.19. The first kappa shape index (κ1) is 10.4. The lowest BCUT2D eigenvalue weighted by molar-refractivity contribution is 0.888. The first-order chi connectivity index (χ1) is 7.20. The molecule has 0 spiro atoms. The normalized spacial score (nSPS) is 10.8. The van der Waals surface area contributed by atoms with Crippen molar-refractivity contribution in [3.8, 4) is 0 Å². The van der Waals surface area contributed by atoms with Gasteiger partial charge in [-0.25, -0.2) is 0 Å². The molecule has 0 saturated heterocycles. The Morgan fingerprint density at radius 1 is 1.33 bits per heavy atom. The van der Waals surface area contributed by atoms with Crippen LogP contribution >= 0.6 is 15.9 Å². The minimum Gasteiger partial charge on any atom is -0.358 e. The first-order valence-corrected chi connectivity index (χ1v) is 5.81. The summed E-state index contributed by atoms with van der Waals surface area (Å²) in [5.41, 5.74) is 2.01. The smallest absolute Gasteiger partial charge is 0.189 e. The molecule has 0 aliphatic carbocycles. The minimum atomic E-state index is 0.0969. The average Bonchev–Trinajstić information content (AvgIpc) is 2.17. The monoisotopic (exact) mass is 265 g/mol. The molecule has 1 aromatic carbocycles. The molecule has 0 unspecified atom stereocenters. The van der Waals surface area contributed by atoms with Gasteiger partial charge >= 0.3 is 0 Å². The van der Waals surface area contributed by atoms with Crippen molar-refractivity contribution in [2.75, 3.05) is 0 Å². The Morgan fingerprint density at radius 2 is 2.13 bits per heavy atom. The maximum Gasteiger partial charge on any atom is 0.189 e. The molecule has 3 heteroatoms. The first-order valence-electron chi connectivity index (χ1n) is 5.02. The van der Waals surface area contributed by atoms with Crippen molar-refractivity contribution in [1.82, 2.24) is 4.98 Å². The molecule has 2 rings (SSSR count). The summed E-state index contributed by atoms with van der Waals surface area (Å²) in [4.78, 5) is 15.0. The number of aryl methyl sites for hydroxylation is 1. The molecule has 2 nitrogen and oxygen atoms in total. The van der Waals surface area contributed by atoms with Gasteiger partial charge in [0.1, 0.15) is 0 Å². The Morgan fingerprint density at radius 3 is 2.87 bits per heavy atom. The van der Waals surface area contributed by atoms with Crippen molar-refractivity contribution < 1.29 is 0 Å². The number of hydrogen-bond acceptors (Lipinski definition) is 1. The number of aromatic amines is 1. The van der Waals surface area contributed by atoms with E-state index in [1.54, 1.807) is 6.07 Å². The highest BCUT2D eigenvalue weighted by molar-refractivity contribution is 9.10. The van der Waals surface area contributed by atoms with E-state index in [-0.39, 0.29) is 5.43 Å². The van der Waals surface area contributed by atoms with Gasteiger partial charge in [0.15, 0.2) is 5.43 Å². The third kappa shape index (κ3) is 2.12. The fourth-order valence-corrected chi connectivity index (χ4v) is 2.04. The van der Waals surface area contributed by atoms with Gasteiger partial charge in [0.2, 0.25) is 0 Å². The van der Waals surface area contributed by atoms with Crippen LogP contribution < -0.4 is 5.43 Å². The standard InChI is InChI=1S/C12H12BrNO/c1-2-3-9-7-12(15)10-5-4-8(13)6-11(10)14-9/h4-7H,2-3H2,1H3,(H,14,15). The largest absolute Gasteiger partial charge is 0.358 e. The third-order valence-corrected chi connectivity index (χ3v) is 2.86. The summed E-state index contributed by atoms with van der Waals surface area (Å²) in [5, 5.41) is 0.748. The van der Waals surface area contributed by atoms with Crippen LogP contribution in [-0.2, 0) is 6.42 Å². The van der Waals surface area contributed by atoms with Gasteiger partial charge < -0.3 is 4.98 Å². The Balaban J connectivity index is 2.68. The van der Waals surface area contributed by atoms with Gasteiger partial charge in [-0.1, -0.05) is 29.3 Å². The van der Waals surface area contributed by atoms with Crippen LogP contribution in [0, 0.1) is 0 Å². The van der Waals surface area contributed by atoms with Gasteiger partial charge in [-0.15, -0.1) is 0 Å². The van der Waals surface area contributed by atoms with E-state index in [0.29, 0.717) is 0 Å². The highest BCUT2D eigenvalue weighted by atomic mass is 79.9. The topological polar surface area (TPSA) is 32.9 Å². The predicted octanol–water partition coefficient (Wildman–Crippen LogP) is 3.24. The van der Waals surface area contributed by atoms with Crippen molar-refractivity contribution in [3.05, 3.63) is 44.7 Å². The van der Waals surface area contributed by atoms with Crippen molar-refractivity contribution in [3.63, 3.8) is 0 Å². The lowest BCUT2D eigenvalue weighted by atomic mass is 10.1. The summed E-state index contributed by atoms with van der Waals surface area (Å²) >= 11 is 3.40. The number of H-pyrrole nitrogens is 1. The van der Waals surface area contributed by atoms with Gasteiger partial charge in [0.25, 0.3) is 0 Å². The number of aromatic nitrogens is 1. The quantitative estimate of drug-likeness (QED) is 0.889. The van der Waals surface area contributed by atoms with Crippen LogP contribution in [0.2, 0.25) is 0 Å². The summed E-state index contributed by atoms with van der Waals surface area (Å²) < 4.78 is 0.985. The molecule has 0 amide bonds. The number of pyridine rings is 1. The van der Waals surface area contributed by atoms with E-state index in [2.05, 4.69) is 27.8 Å². The van der Waals surface area contributed by atoms with Crippen molar-refractivity contribution >= 4 is 26.8 Å². The van der Waals surface area contributed by atoms with E-state index < -0.39 is 0 Å². The van der Waals surface area contributed by atoms with E-state index in [9.17, 15) is 4.79 Å². The molecule has 2 aromatic rings. The molecule has 0 atom stereocenters. The van der Waals surface area contributed by atoms with Gasteiger partial charge in [0, 0.05) is 21.6 Å². The van der Waals surface area contributed by atoms with Crippen molar-refractivity contribution in [2.45, 2.75) is 19.8 Å². The number of hydrogen-bond donors (Lipinski definition) is 1. The number of benzene rings is 1. The van der Waals surface area contributed by atoms with Crippen LogP contribution in [0.25, 0.3) is 10.9 Å². The van der Waals surface area contributed by atoms with Gasteiger partial charge in [-0.3, -0.25) is 4.79 Å². The molecular formula is C12H12BrNO. The van der Waals surface area contributed by atoms with E-state index in [1.807, 2.05) is 18.2 Å². The van der Waals surface area contributed by atoms with E-state index in [0.717, 1.165) is 33.9 Å². The second-order valence-corrected chi connectivity index (χ2v) is 4.51. The van der Waals surface area contributed by atoms with E-state index in [4.69, 9.17) is 0 Å². The fourth-order valence-electron chi connectivity index (χ4n) is 1.68. The maximum atomic E-state index is 11.8. The average molecular weight is 266 g/mol. The van der Waals surface area contributed by atoms with Crippen molar-refractivity contribution in [2.24, 2.45) is 0 Å². The Bertz CT molecular complexity index is 545. The summed E-state index contributed by atoms with van der Waals surface area (Å²) in [6, 6.07) is 7.36. The van der Waals surface area contributed by atoms with Gasteiger partial charge in [-0.05, 0) is 24.6 Å². The fraction of sp³-hybridized carbons (Fsp3) is 0.250. The Labute approximate surface area is 96.5 Å². The lowest BCUT2D eigenvalue weighted by Crippen LogP contribution is -2.04. The van der Waals surface area contributed by atoms with Crippen LogP contribution in [0.4, 0.5) is 0 Å². The molecule has 78 valence electrons. The van der Waals surface area contributed by atoms with Gasteiger partial charge in [0.05, 0.1) is 5.52 Å². The number of rotatable bonds is 2.